The molecule has 0 radical (unpaired) electrons. The Labute approximate surface area is 91.0 Å². The third-order valence-electron chi connectivity index (χ3n) is 1.29. The van der Waals surface area contributed by atoms with E-state index in [2.05, 4.69) is 0 Å². The van der Waals surface area contributed by atoms with E-state index in [4.69, 9.17) is 4.74 Å². The molecule has 1 aromatic carbocycles. The van der Waals surface area contributed by atoms with Crippen LogP contribution in [0.3, 0.4) is 0 Å². The van der Waals surface area contributed by atoms with Crippen LogP contribution in [-0.4, -0.2) is 6.61 Å². The summed E-state index contributed by atoms with van der Waals surface area (Å²) in [5, 5.41) is 0. The summed E-state index contributed by atoms with van der Waals surface area (Å²) in [5.74, 6) is -1.43. The molecule has 0 saturated carbocycles. The molecule has 0 atom stereocenters. The molecule has 1 rings (SSSR count). The monoisotopic (exact) mass is 219 g/mol. The van der Waals surface area contributed by atoms with Crippen molar-refractivity contribution in [2.45, 2.75) is 13.3 Å². The van der Waals surface area contributed by atoms with Gasteiger partial charge in [0.15, 0.2) is 0 Å². The zero-order valence-corrected chi connectivity index (χ0v) is 8.79. The quantitative estimate of drug-likeness (QED) is 0.560. The van der Waals surface area contributed by atoms with Gasteiger partial charge in [-0.05, 0) is 6.42 Å². The minimum absolute atomic E-state index is 0. The van der Waals surface area contributed by atoms with Crippen LogP contribution in [-0.2, 0) is 21.7 Å². The van der Waals surface area contributed by atoms with Crippen LogP contribution in [0.2, 0.25) is 0 Å². The summed E-state index contributed by atoms with van der Waals surface area (Å²) >= 11 is 0. The number of hydrogen-bond acceptors (Lipinski definition) is 1. The number of halogens is 2. The van der Waals surface area contributed by atoms with Crippen molar-refractivity contribution < 1.29 is 35.2 Å². The second kappa shape index (κ2) is 6.11. The predicted molar refractivity (Wildman–Crippen MR) is 41.0 cm³/mol. The molecule has 0 fully saturated rings. The maximum Gasteiger partial charge on any atom is 0.0713 e. The molecule has 0 bridgehead atoms. The summed E-state index contributed by atoms with van der Waals surface area (Å²) in [4.78, 5) is 0. The first kappa shape index (κ1) is 12.6. The van der Waals surface area contributed by atoms with E-state index in [-0.39, 0.29) is 27.5 Å². The molecular weight excluding hydrogens is 210 g/mol. The molecular formula is C9H9F2OTi-. The Morgan fingerprint density at radius 3 is 2.62 bits per heavy atom. The van der Waals surface area contributed by atoms with Gasteiger partial charge in [0, 0.05) is 33.3 Å². The fourth-order valence-corrected chi connectivity index (χ4v) is 0.754. The third-order valence-corrected chi connectivity index (χ3v) is 1.29. The van der Waals surface area contributed by atoms with Crippen molar-refractivity contribution in [3.63, 3.8) is 0 Å². The number of hydrogen-bond donors (Lipinski definition) is 0. The summed E-state index contributed by atoms with van der Waals surface area (Å²) in [7, 11) is 0. The van der Waals surface area contributed by atoms with Crippen LogP contribution in [0.15, 0.2) is 12.1 Å². The molecule has 0 heterocycles. The van der Waals surface area contributed by atoms with Crippen molar-refractivity contribution in [2.75, 3.05) is 6.61 Å². The largest absolute Gasteiger partial charge is 0.548 e. The van der Waals surface area contributed by atoms with Gasteiger partial charge in [-0.25, -0.2) is 8.78 Å². The van der Waals surface area contributed by atoms with Gasteiger partial charge in [-0.2, -0.15) is 0 Å². The van der Waals surface area contributed by atoms with E-state index in [9.17, 15) is 8.78 Å². The van der Waals surface area contributed by atoms with Crippen molar-refractivity contribution in [2.24, 2.45) is 0 Å². The predicted octanol–water partition coefficient (Wildman–Crippen LogP) is 2.55. The van der Waals surface area contributed by atoms with Crippen molar-refractivity contribution in [3.8, 4) is 5.75 Å². The van der Waals surface area contributed by atoms with Crippen LogP contribution < -0.4 is 4.74 Å². The normalized spacial score (nSPS) is 9.15. The molecule has 0 aliphatic carbocycles. The van der Waals surface area contributed by atoms with Gasteiger partial charge in [0.05, 0.1) is 12.4 Å². The first-order valence-electron chi connectivity index (χ1n) is 3.74. The summed E-state index contributed by atoms with van der Waals surface area (Å²) in [5.41, 5.74) is 0. The second-order valence-electron chi connectivity index (χ2n) is 2.33. The topological polar surface area (TPSA) is 9.23 Å². The van der Waals surface area contributed by atoms with E-state index < -0.39 is 11.6 Å². The van der Waals surface area contributed by atoms with E-state index >= 15 is 0 Å². The zero-order chi connectivity index (χ0) is 8.97. The Balaban J connectivity index is 0.00000144. The van der Waals surface area contributed by atoms with Gasteiger partial charge >= 0.3 is 0 Å². The maximum absolute atomic E-state index is 12.8. The van der Waals surface area contributed by atoms with Gasteiger partial charge in [0.1, 0.15) is 0 Å². The Kier molecular flexibility index (Phi) is 5.92. The molecule has 4 heteroatoms. The van der Waals surface area contributed by atoms with Crippen LogP contribution in [0.25, 0.3) is 0 Å². The van der Waals surface area contributed by atoms with E-state index in [1.807, 2.05) is 13.0 Å². The van der Waals surface area contributed by atoms with E-state index in [0.29, 0.717) is 6.61 Å². The molecule has 0 unspecified atom stereocenters. The molecule has 13 heavy (non-hydrogen) atoms. The Bertz CT molecular complexity index is 266. The molecule has 0 aliphatic rings. The van der Waals surface area contributed by atoms with Gasteiger partial charge in [-0.15, -0.1) is 18.2 Å². The minimum Gasteiger partial charge on any atom is -0.548 e. The van der Waals surface area contributed by atoms with Crippen molar-refractivity contribution in [3.05, 3.63) is 29.8 Å². The van der Waals surface area contributed by atoms with Crippen LogP contribution in [0, 0.1) is 17.7 Å². The van der Waals surface area contributed by atoms with Gasteiger partial charge in [-0.3, -0.25) is 0 Å². The molecule has 0 spiro atoms. The Morgan fingerprint density at radius 1 is 1.38 bits per heavy atom. The Hall–Kier alpha value is -0.406. The summed E-state index contributed by atoms with van der Waals surface area (Å²) < 4.78 is 30.0. The van der Waals surface area contributed by atoms with Crippen molar-refractivity contribution >= 4 is 0 Å². The molecule has 0 aromatic heterocycles. The fourth-order valence-electron chi connectivity index (χ4n) is 0.754. The van der Waals surface area contributed by atoms with Crippen LogP contribution in [0.1, 0.15) is 13.3 Å². The van der Waals surface area contributed by atoms with E-state index in [1.54, 1.807) is 0 Å². The molecule has 0 amide bonds. The van der Waals surface area contributed by atoms with Crippen molar-refractivity contribution in [1.29, 1.82) is 0 Å². The van der Waals surface area contributed by atoms with Gasteiger partial charge in [0.25, 0.3) is 0 Å². The molecule has 0 aliphatic heterocycles. The van der Waals surface area contributed by atoms with Crippen LogP contribution in [0.5, 0.6) is 5.75 Å². The maximum atomic E-state index is 12.8. The molecule has 0 N–H and O–H groups in total. The van der Waals surface area contributed by atoms with Gasteiger partial charge in [-0.1, -0.05) is 6.92 Å². The Morgan fingerprint density at radius 2 is 2.08 bits per heavy atom. The second-order valence-corrected chi connectivity index (χ2v) is 2.33. The summed E-state index contributed by atoms with van der Waals surface area (Å²) in [6.07, 6.45) is 0.789. The van der Waals surface area contributed by atoms with E-state index in [0.717, 1.165) is 12.5 Å². The summed E-state index contributed by atoms with van der Waals surface area (Å²) in [6, 6.07) is 4.27. The summed E-state index contributed by atoms with van der Waals surface area (Å²) in [6.45, 7) is 2.33. The molecule has 1 aromatic rings. The molecule has 0 saturated heterocycles. The third kappa shape index (κ3) is 3.88. The molecule has 70 valence electrons. The van der Waals surface area contributed by atoms with Crippen LogP contribution >= 0.6 is 0 Å². The first-order valence-corrected chi connectivity index (χ1v) is 3.74. The smallest absolute Gasteiger partial charge is 0.0713 e. The average molecular weight is 219 g/mol. The van der Waals surface area contributed by atoms with E-state index in [1.165, 1.54) is 6.07 Å². The fraction of sp³-hybridized carbons (Fsp3) is 0.333. The van der Waals surface area contributed by atoms with Crippen molar-refractivity contribution in [1.82, 2.24) is 0 Å². The number of benzene rings is 1. The number of rotatable bonds is 3. The average Bonchev–Trinajstić information content (AvgIpc) is 2.03. The van der Waals surface area contributed by atoms with Gasteiger partial charge < -0.3 is 4.74 Å². The zero-order valence-electron chi connectivity index (χ0n) is 7.23. The standard InChI is InChI=1S/C9H9F2O.Ti/c1-2-5-12-9-4-3-7(10)6-8(9)11;/h3-4H,2,5H2,1H3;/q-1;. The SMILES string of the molecule is CCCOc1ccc(F)[c-]c1F.[Ti]. The minimum atomic E-state index is -0.775. The molecule has 1 nitrogen and oxygen atoms in total. The van der Waals surface area contributed by atoms with Crippen LogP contribution in [0.4, 0.5) is 8.78 Å². The number of ether oxygens (including phenoxy) is 1. The first-order chi connectivity index (χ1) is 5.74. The van der Waals surface area contributed by atoms with Gasteiger partial charge in [0.2, 0.25) is 0 Å².